The zero-order valence-electron chi connectivity index (χ0n) is 28.8. The Kier molecular flexibility index (Phi) is 8.75. The molecular weight excluding hydrogens is 665 g/mol. The van der Waals surface area contributed by atoms with Crippen molar-refractivity contribution < 1.29 is 18.4 Å². The molecule has 4 heterocycles. The minimum absolute atomic E-state index is 0.277. The fourth-order valence-electron chi connectivity index (χ4n) is 6.46. The smallest absolute Gasteiger partial charge is 0.257 e. The molecule has 0 fully saturated rings. The molecule has 1 aliphatic heterocycles. The number of aliphatic imine (C=N–C) groups is 1. The van der Waals surface area contributed by atoms with Crippen molar-refractivity contribution in [2.24, 2.45) is 4.99 Å². The zero-order chi connectivity index (χ0) is 36.3. The van der Waals surface area contributed by atoms with E-state index in [1.807, 2.05) is 117 Å². The van der Waals surface area contributed by atoms with E-state index in [1.54, 1.807) is 24.5 Å². The molecule has 0 bridgehead atoms. The molecule has 258 valence electrons. The number of carbonyl (C=O) groups excluding carboxylic acids is 2. The molecule has 4 aromatic carbocycles. The van der Waals surface area contributed by atoms with E-state index in [0.29, 0.717) is 50.9 Å². The SMILES string of the molecule is Cc1ccccc1C(=O)NC1=NC(=Cc2[nH]c(NC(=O)c3ccccc3C)c(-c3ncco3)c2-c2ccccc2)C(c2ccccc2)=C1c1ncco1. The first-order chi connectivity index (χ1) is 26.0. The van der Waals surface area contributed by atoms with E-state index < -0.39 is 0 Å². The van der Waals surface area contributed by atoms with Gasteiger partial charge < -0.3 is 24.5 Å². The molecule has 53 heavy (non-hydrogen) atoms. The molecule has 10 heteroatoms. The number of oxazole rings is 2. The van der Waals surface area contributed by atoms with Crippen LogP contribution in [0.2, 0.25) is 0 Å². The van der Waals surface area contributed by atoms with Gasteiger partial charge in [-0.15, -0.1) is 0 Å². The van der Waals surface area contributed by atoms with E-state index in [4.69, 9.17) is 13.8 Å². The van der Waals surface area contributed by atoms with Gasteiger partial charge in [-0.2, -0.15) is 0 Å². The highest BCUT2D eigenvalue weighted by Gasteiger charge is 2.32. The number of amides is 2. The summed E-state index contributed by atoms with van der Waals surface area (Å²) >= 11 is 0. The molecule has 0 spiro atoms. The molecule has 3 N–H and O–H groups in total. The van der Waals surface area contributed by atoms with E-state index >= 15 is 0 Å². The van der Waals surface area contributed by atoms with Crippen LogP contribution in [0.25, 0.3) is 39.8 Å². The number of aromatic amines is 1. The van der Waals surface area contributed by atoms with Gasteiger partial charge in [0.2, 0.25) is 11.8 Å². The van der Waals surface area contributed by atoms with Crippen LogP contribution in [0, 0.1) is 13.8 Å². The minimum atomic E-state index is -0.322. The largest absolute Gasteiger partial charge is 0.444 e. The minimum Gasteiger partial charge on any atom is -0.444 e. The average Bonchev–Trinajstić information content (AvgIpc) is 4.00. The van der Waals surface area contributed by atoms with Crippen LogP contribution in [-0.2, 0) is 0 Å². The molecule has 0 saturated heterocycles. The van der Waals surface area contributed by atoms with Gasteiger partial charge in [0.05, 0.1) is 34.9 Å². The van der Waals surface area contributed by atoms with Crippen LogP contribution in [0.3, 0.4) is 0 Å². The number of benzene rings is 4. The van der Waals surface area contributed by atoms with Crippen LogP contribution in [0.1, 0.15) is 49.0 Å². The van der Waals surface area contributed by atoms with Crippen LogP contribution in [0.4, 0.5) is 5.82 Å². The Balaban J connectivity index is 1.36. The predicted molar refractivity (Wildman–Crippen MR) is 205 cm³/mol. The maximum absolute atomic E-state index is 13.8. The van der Waals surface area contributed by atoms with E-state index in [-0.39, 0.29) is 23.5 Å². The molecule has 1 aliphatic rings. The number of allylic oxidation sites excluding steroid dienone is 1. The van der Waals surface area contributed by atoms with Crippen LogP contribution in [-0.4, -0.2) is 32.6 Å². The van der Waals surface area contributed by atoms with Crippen LogP contribution in [0.15, 0.2) is 154 Å². The molecule has 0 saturated carbocycles. The second-order valence-corrected chi connectivity index (χ2v) is 12.3. The number of hydrogen-bond donors (Lipinski definition) is 3. The molecule has 3 aromatic heterocycles. The normalized spacial score (nSPS) is 13.3. The van der Waals surface area contributed by atoms with Gasteiger partial charge >= 0.3 is 0 Å². The number of aromatic nitrogens is 3. The summed E-state index contributed by atoms with van der Waals surface area (Å²) in [4.78, 5) is 45.0. The molecule has 7 aromatic rings. The summed E-state index contributed by atoms with van der Waals surface area (Å²) in [5.41, 5.74) is 7.96. The zero-order valence-corrected chi connectivity index (χ0v) is 28.8. The van der Waals surface area contributed by atoms with Crippen molar-refractivity contribution in [3.8, 4) is 22.6 Å². The highest BCUT2D eigenvalue weighted by atomic mass is 16.3. The van der Waals surface area contributed by atoms with E-state index in [9.17, 15) is 9.59 Å². The Morgan fingerprint density at radius 1 is 0.623 bits per heavy atom. The second kappa shape index (κ2) is 14.1. The van der Waals surface area contributed by atoms with Crippen molar-refractivity contribution in [2.45, 2.75) is 13.8 Å². The van der Waals surface area contributed by atoms with Gasteiger partial charge in [-0.1, -0.05) is 97.1 Å². The maximum Gasteiger partial charge on any atom is 0.257 e. The molecule has 8 rings (SSSR count). The maximum atomic E-state index is 13.8. The first-order valence-corrected chi connectivity index (χ1v) is 16.9. The first kappa shape index (κ1) is 32.9. The highest BCUT2D eigenvalue weighted by Crippen LogP contribution is 2.44. The molecule has 0 atom stereocenters. The fraction of sp³-hybridized carbons (Fsp3) is 0.0465. The standard InChI is InChI=1S/C43H32N6O4/c1-26-13-9-11-19-30(26)40(50)48-38-36(42-44-21-23-52-42)34(28-15-5-3-6-16-28)32(46-38)25-33-35(29-17-7-4-8-18-29)37(43-45-22-24-53-43)39(47-33)49-41(51)31-20-12-10-14-27(31)2/h3-25,46H,1-2H3,(H,48,50)(H,47,49,51). The van der Waals surface area contributed by atoms with Crippen molar-refractivity contribution in [1.82, 2.24) is 20.3 Å². The van der Waals surface area contributed by atoms with E-state index in [0.717, 1.165) is 27.8 Å². The van der Waals surface area contributed by atoms with Crippen molar-refractivity contribution in [3.63, 3.8) is 0 Å². The Labute approximate surface area is 304 Å². The van der Waals surface area contributed by atoms with Gasteiger partial charge in [-0.05, 0) is 54.3 Å². The number of H-pyrrole nitrogens is 1. The summed E-state index contributed by atoms with van der Waals surface area (Å²) in [6.45, 7) is 3.77. The van der Waals surface area contributed by atoms with Gasteiger partial charge in [-0.25, -0.2) is 15.0 Å². The number of amidine groups is 1. The molecule has 10 nitrogen and oxygen atoms in total. The Hall–Kier alpha value is -7.33. The van der Waals surface area contributed by atoms with Crippen molar-refractivity contribution in [1.29, 1.82) is 0 Å². The Bertz CT molecular complexity index is 2550. The number of aryl methyl sites for hydroxylation is 2. The Morgan fingerprint density at radius 2 is 1.17 bits per heavy atom. The van der Waals surface area contributed by atoms with E-state index in [2.05, 4.69) is 25.6 Å². The van der Waals surface area contributed by atoms with Crippen molar-refractivity contribution in [2.75, 3.05) is 5.32 Å². The van der Waals surface area contributed by atoms with Crippen LogP contribution in [0.5, 0.6) is 0 Å². The van der Waals surface area contributed by atoms with Crippen LogP contribution >= 0.6 is 0 Å². The summed E-state index contributed by atoms with van der Waals surface area (Å²) in [5, 5.41) is 6.14. The second-order valence-electron chi connectivity index (χ2n) is 12.3. The molecule has 0 unspecified atom stereocenters. The summed E-state index contributed by atoms with van der Waals surface area (Å²) in [6, 6.07) is 34.2. The number of carbonyl (C=O) groups is 2. The van der Waals surface area contributed by atoms with Gasteiger partial charge in [0.25, 0.3) is 11.8 Å². The van der Waals surface area contributed by atoms with Gasteiger partial charge in [0, 0.05) is 22.3 Å². The number of anilines is 1. The lowest BCUT2D eigenvalue weighted by Crippen LogP contribution is -2.31. The van der Waals surface area contributed by atoms with Crippen molar-refractivity contribution in [3.05, 3.63) is 179 Å². The monoisotopic (exact) mass is 696 g/mol. The number of hydrogen-bond acceptors (Lipinski definition) is 7. The lowest BCUT2D eigenvalue weighted by molar-refractivity contribution is 0.0975. The molecular formula is C43H32N6O4. The third-order valence-corrected chi connectivity index (χ3v) is 8.95. The quantitative estimate of drug-likeness (QED) is 0.145. The van der Waals surface area contributed by atoms with E-state index in [1.165, 1.54) is 12.5 Å². The topological polar surface area (TPSA) is 138 Å². The number of nitrogens with zero attached hydrogens (tertiary/aromatic N) is 3. The first-order valence-electron chi connectivity index (χ1n) is 16.9. The number of nitrogens with one attached hydrogen (secondary N) is 3. The lowest BCUT2D eigenvalue weighted by Gasteiger charge is -2.10. The fourth-order valence-corrected chi connectivity index (χ4v) is 6.46. The van der Waals surface area contributed by atoms with Gasteiger partial charge in [0.15, 0.2) is 0 Å². The summed E-state index contributed by atoms with van der Waals surface area (Å²) in [5.74, 6) is 0.644. The van der Waals surface area contributed by atoms with Crippen molar-refractivity contribution >= 4 is 40.7 Å². The van der Waals surface area contributed by atoms with Crippen LogP contribution < -0.4 is 10.6 Å². The average molecular weight is 697 g/mol. The lowest BCUT2D eigenvalue weighted by atomic mass is 9.96. The third-order valence-electron chi connectivity index (χ3n) is 8.95. The predicted octanol–water partition coefficient (Wildman–Crippen LogP) is 8.99. The summed E-state index contributed by atoms with van der Waals surface area (Å²) in [7, 11) is 0. The molecule has 0 aliphatic carbocycles. The molecule has 0 radical (unpaired) electrons. The summed E-state index contributed by atoms with van der Waals surface area (Å²) < 4.78 is 11.7. The Morgan fingerprint density at radius 3 is 1.75 bits per heavy atom. The third kappa shape index (κ3) is 6.41. The molecule has 2 amide bonds. The highest BCUT2D eigenvalue weighted by molar-refractivity contribution is 6.37. The summed E-state index contributed by atoms with van der Waals surface area (Å²) in [6.07, 6.45) is 7.98. The van der Waals surface area contributed by atoms with Gasteiger partial charge in [0.1, 0.15) is 24.2 Å². The number of rotatable bonds is 8. The van der Waals surface area contributed by atoms with Gasteiger partial charge in [-0.3, -0.25) is 9.59 Å².